The Morgan fingerprint density at radius 1 is 0.436 bits per heavy atom. The quantitative estimate of drug-likeness (QED) is 0.221. The van der Waals surface area contributed by atoms with Gasteiger partial charge in [0.25, 0.3) is 18.8 Å². The molecule has 39 heavy (non-hydrogen) atoms. The second kappa shape index (κ2) is 9.79. The molecule has 182 valence electrons. The van der Waals surface area contributed by atoms with Gasteiger partial charge < -0.3 is 14.2 Å². The van der Waals surface area contributed by atoms with Crippen molar-refractivity contribution in [2.75, 3.05) is 0 Å². The van der Waals surface area contributed by atoms with Gasteiger partial charge >= 0.3 is 0 Å². The second-order valence-corrected chi connectivity index (χ2v) is 8.77. The van der Waals surface area contributed by atoms with Crippen molar-refractivity contribution >= 4 is 32.3 Å². The van der Waals surface area contributed by atoms with Gasteiger partial charge in [0.2, 0.25) is 0 Å². The average Bonchev–Trinajstić information content (AvgIpc) is 2.97. The molecule has 0 saturated carbocycles. The Bertz CT molecular complexity index is 2050. The predicted molar refractivity (Wildman–Crippen MR) is 149 cm³/mol. The molecule has 0 aliphatic heterocycles. The number of hydrogen-bond donors (Lipinski definition) is 0. The Balaban J connectivity index is 1.70. The molecule has 6 rings (SSSR count). The lowest BCUT2D eigenvalue weighted by Gasteiger charge is -2.17. The first-order valence-corrected chi connectivity index (χ1v) is 12.0. The van der Waals surface area contributed by atoms with Crippen molar-refractivity contribution in [3.05, 3.63) is 103 Å². The van der Waals surface area contributed by atoms with Gasteiger partial charge in [-0.25, -0.2) is 0 Å². The average molecular weight is 504 g/mol. The lowest BCUT2D eigenvalue weighted by molar-refractivity contribution is 0.508. The van der Waals surface area contributed by atoms with Gasteiger partial charge in [-0.1, -0.05) is 78.9 Å². The maximum Gasteiger partial charge on any atom is 0.292 e. The molecule has 0 bridgehead atoms. The molecule has 6 heteroatoms. The fraction of sp³-hybridized carbons (Fsp3) is 0. The molecule has 0 amide bonds. The largest absolute Gasteiger partial charge is 0.388 e. The van der Waals surface area contributed by atoms with Crippen LogP contribution in [-0.4, -0.2) is 0 Å². The van der Waals surface area contributed by atoms with Crippen molar-refractivity contribution in [3.63, 3.8) is 0 Å². The van der Waals surface area contributed by atoms with Gasteiger partial charge in [-0.2, -0.15) is 0 Å². The molecule has 0 radical (unpaired) electrons. The Morgan fingerprint density at radius 3 is 1.87 bits per heavy atom. The highest BCUT2D eigenvalue weighted by Gasteiger charge is 2.18. The van der Waals surface area contributed by atoms with Crippen LogP contribution in [0.25, 0.3) is 54.6 Å². The summed E-state index contributed by atoms with van der Waals surface area (Å²) in [5.41, 5.74) is 3.53. The van der Waals surface area contributed by atoms with Gasteiger partial charge in [0.1, 0.15) is 11.5 Å². The van der Waals surface area contributed by atoms with E-state index in [1.165, 1.54) is 0 Å². The number of hydrogen-bond acceptors (Lipinski definition) is 6. The van der Waals surface area contributed by atoms with Gasteiger partial charge in [-0.05, 0) is 68.1 Å². The first-order chi connectivity index (χ1) is 19.2. The minimum absolute atomic E-state index is 0.419. The zero-order valence-electron chi connectivity index (χ0n) is 20.4. The smallest absolute Gasteiger partial charge is 0.292 e. The fourth-order valence-electron chi connectivity index (χ4n) is 5.24. The summed E-state index contributed by atoms with van der Waals surface area (Å²) >= 11 is 0. The third-order valence-electron chi connectivity index (χ3n) is 6.77. The molecule has 0 fully saturated rings. The van der Waals surface area contributed by atoms with Gasteiger partial charge in [-0.3, -0.25) is 0 Å². The van der Waals surface area contributed by atoms with E-state index >= 15 is 0 Å². The summed E-state index contributed by atoms with van der Waals surface area (Å²) in [7, 11) is 0. The molecule has 0 aliphatic rings. The first-order valence-electron chi connectivity index (χ1n) is 12.0. The molecule has 0 aliphatic carbocycles. The molecule has 0 unspecified atom stereocenters. The number of nitrogens with zero attached hydrogens (tertiary/aromatic N) is 3. The van der Waals surface area contributed by atoms with Crippen molar-refractivity contribution in [3.8, 4) is 58.3 Å². The van der Waals surface area contributed by atoms with E-state index in [2.05, 4.69) is 0 Å². The lowest BCUT2D eigenvalue weighted by Crippen LogP contribution is -1.93. The third kappa shape index (κ3) is 3.98. The number of ether oxygens (including phenoxy) is 3. The van der Waals surface area contributed by atoms with Crippen LogP contribution in [0.1, 0.15) is 0 Å². The summed E-state index contributed by atoms with van der Waals surface area (Å²) < 4.78 is 15.9. The Labute approximate surface area is 223 Å². The topological polar surface area (TPSA) is 99.1 Å². The van der Waals surface area contributed by atoms with Crippen molar-refractivity contribution < 1.29 is 14.2 Å². The van der Waals surface area contributed by atoms with E-state index < -0.39 is 0 Å². The minimum Gasteiger partial charge on any atom is -0.388 e. The zero-order valence-corrected chi connectivity index (χ0v) is 20.4. The summed E-state index contributed by atoms with van der Waals surface area (Å²) in [4.78, 5) is 0. The number of nitriles is 3. The summed E-state index contributed by atoms with van der Waals surface area (Å²) in [5.74, 6) is 1.32. The Morgan fingerprint density at radius 2 is 1.05 bits per heavy atom. The number of fused-ring (bicyclic) bond motifs is 3. The van der Waals surface area contributed by atoms with Crippen LogP contribution in [-0.2, 0) is 0 Å². The van der Waals surface area contributed by atoms with Gasteiger partial charge in [-0.15, -0.1) is 15.8 Å². The lowest BCUT2D eigenvalue weighted by atomic mass is 9.88. The van der Waals surface area contributed by atoms with Crippen LogP contribution in [0.15, 0.2) is 103 Å². The maximum absolute atomic E-state index is 9.46. The summed E-state index contributed by atoms with van der Waals surface area (Å²) in [5, 5.41) is 33.0. The molecular formula is C33H17N3O3. The van der Waals surface area contributed by atoms with Crippen LogP contribution in [0.3, 0.4) is 0 Å². The minimum atomic E-state index is 0.419. The second-order valence-electron chi connectivity index (χ2n) is 8.77. The van der Waals surface area contributed by atoms with Crippen LogP contribution in [0, 0.1) is 34.6 Å². The fourth-order valence-corrected chi connectivity index (χ4v) is 5.24. The highest BCUT2D eigenvalue weighted by atomic mass is 16.5. The molecule has 0 aromatic heterocycles. The molecular weight excluding hydrogens is 486 g/mol. The van der Waals surface area contributed by atoms with Crippen LogP contribution in [0.5, 0.6) is 17.2 Å². The maximum atomic E-state index is 9.46. The van der Waals surface area contributed by atoms with E-state index in [9.17, 15) is 10.5 Å². The van der Waals surface area contributed by atoms with E-state index in [0.717, 1.165) is 54.6 Å². The summed E-state index contributed by atoms with van der Waals surface area (Å²) in [6.07, 6.45) is 5.34. The van der Waals surface area contributed by atoms with Crippen molar-refractivity contribution in [2.45, 2.75) is 0 Å². The first kappa shape index (κ1) is 23.4. The number of benzene rings is 6. The van der Waals surface area contributed by atoms with Crippen molar-refractivity contribution in [2.24, 2.45) is 0 Å². The monoisotopic (exact) mass is 503 g/mol. The highest BCUT2D eigenvalue weighted by molar-refractivity contribution is 6.14. The summed E-state index contributed by atoms with van der Waals surface area (Å²) in [6, 6.07) is 32.6. The molecule has 6 aromatic rings. The molecule has 6 aromatic carbocycles. The number of rotatable bonds is 5. The SMILES string of the molecule is N#COc1cc(-c2ccc(-c3cccc4c(OC#N)cccc34)c3c(OC#N)cccc23)c2ccccc2c1. The standard InChI is InChI=1S/C33H17N3O3/c34-18-37-22-16-21-6-1-2-7-23(21)30(17-22)26-14-15-29(33-28(26)11-5-13-32(33)39-20-36)25-8-3-10-27-24(25)9-4-12-31(27)38-19-35/h1-17H. The van der Waals surface area contributed by atoms with Crippen molar-refractivity contribution in [1.29, 1.82) is 15.8 Å². The molecule has 0 heterocycles. The normalized spacial score (nSPS) is 10.5. The van der Waals surface area contributed by atoms with Crippen LogP contribution in [0.2, 0.25) is 0 Å². The predicted octanol–water partition coefficient (Wildman–Crippen LogP) is 8.06. The molecule has 6 nitrogen and oxygen atoms in total. The van der Waals surface area contributed by atoms with E-state index in [1.54, 1.807) is 24.6 Å². The van der Waals surface area contributed by atoms with E-state index in [1.807, 2.05) is 97.3 Å². The van der Waals surface area contributed by atoms with Gasteiger partial charge in [0.15, 0.2) is 5.75 Å². The van der Waals surface area contributed by atoms with Gasteiger partial charge in [0, 0.05) is 10.8 Å². The van der Waals surface area contributed by atoms with Crippen LogP contribution in [0.4, 0.5) is 0 Å². The van der Waals surface area contributed by atoms with Gasteiger partial charge in [0.05, 0.1) is 0 Å². The van der Waals surface area contributed by atoms with Crippen LogP contribution < -0.4 is 14.2 Å². The highest BCUT2D eigenvalue weighted by Crippen LogP contribution is 2.45. The molecule has 0 atom stereocenters. The molecule has 0 N–H and O–H groups in total. The molecule has 0 saturated heterocycles. The van der Waals surface area contributed by atoms with E-state index in [0.29, 0.717) is 17.2 Å². The third-order valence-corrected chi connectivity index (χ3v) is 6.77. The van der Waals surface area contributed by atoms with E-state index in [4.69, 9.17) is 19.5 Å². The van der Waals surface area contributed by atoms with E-state index in [-0.39, 0.29) is 0 Å². The molecule has 0 spiro atoms. The Kier molecular flexibility index (Phi) is 5.87. The van der Waals surface area contributed by atoms with Crippen molar-refractivity contribution in [1.82, 2.24) is 0 Å². The summed E-state index contributed by atoms with van der Waals surface area (Å²) in [6.45, 7) is 0. The van der Waals surface area contributed by atoms with Crippen LogP contribution >= 0.6 is 0 Å². The zero-order chi connectivity index (χ0) is 26.8. The Hall–Kier alpha value is -6.03.